The minimum absolute atomic E-state index is 0. The second-order valence-corrected chi connectivity index (χ2v) is 3.21. The summed E-state index contributed by atoms with van der Waals surface area (Å²) in [4.78, 5) is 17.8. The molecule has 0 atom stereocenters. The number of carboxylic acids is 2. The van der Waals surface area contributed by atoms with Crippen LogP contribution >= 0.6 is 34.8 Å². The summed E-state index contributed by atoms with van der Waals surface area (Å²) in [5.74, 6) is -2.17. The number of aliphatic hydroxyl groups is 1. The van der Waals surface area contributed by atoms with E-state index >= 15 is 0 Å². The Morgan fingerprint density at radius 2 is 1.00 bits per heavy atom. The van der Waals surface area contributed by atoms with Crippen LogP contribution in [0.15, 0.2) is 0 Å². The Bertz CT molecular complexity index is 111. The van der Waals surface area contributed by atoms with Gasteiger partial charge in [0.05, 0.1) is 0 Å². The van der Waals surface area contributed by atoms with Gasteiger partial charge >= 0.3 is 19.5 Å². The molecule has 9 heteroatoms. The predicted molar refractivity (Wildman–Crippen MR) is 50.9 cm³/mol. The van der Waals surface area contributed by atoms with Crippen molar-refractivity contribution >= 4 is 46.7 Å². The van der Waals surface area contributed by atoms with Crippen molar-refractivity contribution in [1.29, 1.82) is 0 Å². The van der Waals surface area contributed by atoms with Crippen molar-refractivity contribution in [3.05, 3.63) is 0 Å². The molecule has 0 saturated carbocycles. The largest absolute Gasteiger partial charge is 2.00 e. The van der Waals surface area contributed by atoms with Crippen molar-refractivity contribution in [1.82, 2.24) is 0 Å². The van der Waals surface area contributed by atoms with E-state index in [-0.39, 0.29) is 19.5 Å². The SMILES string of the molecule is CC(=O)[O-].CC(=O)[O-].CO.ClC(Cl)Cl.[Zn+2]. The molecule has 0 aliphatic carbocycles. The third kappa shape index (κ3) is 14300. The van der Waals surface area contributed by atoms with Gasteiger partial charge in [-0.15, -0.1) is 0 Å². The molecule has 1 N–H and O–H groups in total. The molecule has 0 spiro atoms. The average molecular weight is 335 g/mol. The van der Waals surface area contributed by atoms with Crippen LogP contribution in [-0.4, -0.2) is 28.5 Å². The molecule has 0 aromatic rings. The molecular formula is C6H11Cl3O5Zn. The first-order valence-corrected chi connectivity index (χ1v) is 4.23. The number of aliphatic carboxylic acids is 2. The zero-order valence-electron chi connectivity index (χ0n) is 8.50. The van der Waals surface area contributed by atoms with Crippen LogP contribution in [0, 0.1) is 0 Å². The van der Waals surface area contributed by atoms with Crippen LogP contribution in [0.2, 0.25) is 0 Å². The summed E-state index contributed by atoms with van der Waals surface area (Å²) >= 11 is 14.4. The second-order valence-electron chi connectivity index (χ2n) is 1.23. The van der Waals surface area contributed by atoms with E-state index in [4.69, 9.17) is 59.7 Å². The normalized spacial score (nSPS) is 6.13. The molecule has 0 radical (unpaired) electrons. The van der Waals surface area contributed by atoms with Crippen LogP contribution in [0.4, 0.5) is 0 Å². The van der Waals surface area contributed by atoms with Gasteiger partial charge in [-0.05, 0) is 13.8 Å². The average Bonchev–Trinajstić information content (AvgIpc) is 1.86. The topological polar surface area (TPSA) is 100 Å². The van der Waals surface area contributed by atoms with E-state index in [9.17, 15) is 0 Å². The monoisotopic (exact) mass is 332 g/mol. The summed E-state index contributed by atoms with van der Waals surface area (Å²) < 4.78 is -0.750. The van der Waals surface area contributed by atoms with E-state index in [1.807, 2.05) is 0 Å². The molecule has 0 heterocycles. The van der Waals surface area contributed by atoms with Crippen molar-refractivity contribution < 1.29 is 44.4 Å². The van der Waals surface area contributed by atoms with Gasteiger partial charge in [0.1, 0.15) is 0 Å². The Morgan fingerprint density at radius 1 is 1.00 bits per heavy atom. The smallest absolute Gasteiger partial charge is 0.550 e. The van der Waals surface area contributed by atoms with Crippen LogP contribution in [0.3, 0.4) is 0 Å². The van der Waals surface area contributed by atoms with E-state index in [2.05, 4.69) is 0 Å². The number of halogens is 3. The molecule has 0 unspecified atom stereocenters. The number of hydrogen-bond donors (Lipinski definition) is 1. The second kappa shape index (κ2) is 29.3. The molecule has 15 heavy (non-hydrogen) atoms. The minimum atomic E-state index is -1.08. The van der Waals surface area contributed by atoms with Gasteiger partial charge in [0.2, 0.25) is 0 Å². The first-order chi connectivity index (χ1) is 6.20. The minimum Gasteiger partial charge on any atom is -0.550 e. The zero-order valence-corrected chi connectivity index (χ0v) is 13.7. The summed E-state index contributed by atoms with van der Waals surface area (Å²) in [7, 11) is 1.00. The fraction of sp³-hybridized carbons (Fsp3) is 0.667. The van der Waals surface area contributed by atoms with Gasteiger partial charge in [0, 0.05) is 19.0 Å². The van der Waals surface area contributed by atoms with E-state index < -0.39 is 16.2 Å². The summed E-state index contributed by atoms with van der Waals surface area (Å²) in [5, 5.41) is 24.8. The van der Waals surface area contributed by atoms with E-state index in [0.717, 1.165) is 21.0 Å². The Morgan fingerprint density at radius 3 is 1.00 bits per heavy atom. The van der Waals surface area contributed by atoms with E-state index in [1.165, 1.54) is 0 Å². The van der Waals surface area contributed by atoms with Gasteiger partial charge in [-0.1, -0.05) is 34.8 Å². The van der Waals surface area contributed by atoms with Gasteiger partial charge in [-0.25, -0.2) is 0 Å². The summed E-state index contributed by atoms with van der Waals surface area (Å²) in [5.41, 5.74) is 0. The molecule has 0 saturated heterocycles. The molecule has 0 fully saturated rings. The third-order valence-electron chi connectivity index (χ3n) is 0. The fourth-order valence-corrected chi connectivity index (χ4v) is 0. The van der Waals surface area contributed by atoms with Gasteiger partial charge in [0.15, 0.2) is 4.30 Å². The molecule has 0 aromatic carbocycles. The maximum atomic E-state index is 8.89. The molecule has 0 rings (SSSR count). The Balaban J connectivity index is -0.0000000298. The van der Waals surface area contributed by atoms with Crippen molar-refractivity contribution in [3.63, 3.8) is 0 Å². The molecule has 0 bridgehead atoms. The number of rotatable bonds is 0. The summed E-state index contributed by atoms with van der Waals surface area (Å²) in [6.45, 7) is 1.94. The van der Waals surface area contributed by atoms with Crippen LogP contribution in [0.5, 0.6) is 0 Å². The maximum Gasteiger partial charge on any atom is 2.00 e. The van der Waals surface area contributed by atoms with Gasteiger partial charge < -0.3 is 24.9 Å². The van der Waals surface area contributed by atoms with Crippen LogP contribution in [0.25, 0.3) is 0 Å². The Hall–Kier alpha value is 0.393. The number of carbonyl (C=O) groups is 2. The first-order valence-electron chi connectivity index (χ1n) is 2.92. The number of hydrogen-bond acceptors (Lipinski definition) is 5. The molecular weight excluding hydrogens is 324 g/mol. The van der Waals surface area contributed by atoms with Crippen molar-refractivity contribution in [2.24, 2.45) is 0 Å². The Labute approximate surface area is 116 Å². The first kappa shape index (κ1) is 29.5. The predicted octanol–water partition coefficient (Wildman–Crippen LogP) is -0.895. The molecule has 0 aromatic heterocycles. The van der Waals surface area contributed by atoms with Crippen molar-refractivity contribution in [3.8, 4) is 0 Å². The number of alkyl halides is 3. The Kier molecular flexibility index (Phi) is 57.6. The summed E-state index contributed by atoms with van der Waals surface area (Å²) in [6.07, 6.45) is 0. The van der Waals surface area contributed by atoms with Crippen LogP contribution in [0.1, 0.15) is 13.8 Å². The molecule has 0 aliphatic rings. The fourth-order valence-electron chi connectivity index (χ4n) is 0. The molecule has 0 amide bonds. The number of carbonyl (C=O) groups excluding carboxylic acids is 2. The zero-order chi connectivity index (χ0) is 12.7. The molecule has 5 nitrogen and oxygen atoms in total. The molecule has 0 aliphatic heterocycles. The van der Waals surface area contributed by atoms with Gasteiger partial charge in [-0.3, -0.25) is 0 Å². The summed E-state index contributed by atoms with van der Waals surface area (Å²) in [6, 6.07) is 0. The maximum absolute atomic E-state index is 8.89. The quantitative estimate of drug-likeness (QED) is 0.457. The standard InChI is InChI=1S/2C2H4O2.CHCl3.CH4O.Zn/c2*1-2(3)4;2-1(3)4;1-2;/h2*1H3,(H,3,4);1H;2H,1H3;/q;;;;+2/p-2. The van der Waals surface area contributed by atoms with Crippen molar-refractivity contribution in [2.45, 2.75) is 18.1 Å². The molecule has 88 valence electrons. The van der Waals surface area contributed by atoms with E-state index in [1.54, 1.807) is 0 Å². The number of carboxylic acid groups (broad SMARTS) is 2. The third-order valence-corrected chi connectivity index (χ3v) is 0. The van der Waals surface area contributed by atoms with Crippen LogP contribution < -0.4 is 10.2 Å². The van der Waals surface area contributed by atoms with Crippen molar-refractivity contribution in [2.75, 3.05) is 7.11 Å². The van der Waals surface area contributed by atoms with Gasteiger partial charge in [-0.2, -0.15) is 0 Å². The van der Waals surface area contributed by atoms with Gasteiger partial charge in [0.25, 0.3) is 0 Å². The number of aliphatic hydroxyl groups excluding tert-OH is 1. The van der Waals surface area contributed by atoms with Crippen LogP contribution in [-0.2, 0) is 29.1 Å². The van der Waals surface area contributed by atoms with E-state index in [0.29, 0.717) is 0 Å².